The molecule has 1 aromatic carbocycles. The summed E-state index contributed by atoms with van der Waals surface area (Å²) in [7, 11) is -3.40. The van der Waals surface area contributed by atoms with E-state index >= 15 is 0 Å². The number of nitrogens with zero attached hydrogens (tertiary/aromatic N) is 1. The van der Waals surface area contributed by atoms with E-state index in [1.807, 2.05) is 6.07 Å². The van der Waals surface area contributed by atoms with Gasteiger partial charge in [-0.1, -0.05) is 12.1 Å². The molecule has 1 aliphatic heterocycles. The first-order valence-corrected chi connectivity index (χ1v) is 6.95. The van der Waals surface area contributed by atoms with Crippen LogP contribution in [0.1, 0.15) is 5.56 Å². The zero-order valence-corrected chi connectivity index (χ0v) is 10.3. The van der Waals surface area contributed by atoms with E-state index in [4.69, 9.17) is 10.5 Å². The normalized spacial score (nSPS) is 18.2. The molecule has 5 nitrogen and oxygen atoms in total. The minimum Gasteiger partial charge on any atom is -0.379 e. The molecule has 0 radical (unpaired) electrons. The second-order valence-electron chi connectivity index (χ2n) is 3.87. The summed E-state index contributed by atoms with van der Waals surface area (Å²) in [6.07, 6.45) is 0. The Morgan fingerprint density at radius 3 is 2.65 bits per heavy atom. The van der Waals surface area contributed by atoms with Crippen molar-refractivity contribution < 1.29 is 13.2 Å². The Labute approximate surface area is 101 Å². The molecule has 6 heteroatoms. The molecule has 0 atom stereocenters. The van der Waals surface area contributed by atoms with Crippen LogP contribution in [0.15, 0.2) is 29.2 Å². The second kappa shape index (κ2) is 5.14. The van der Waals surface area contributed by atoms with Crippen LogP contribution < -0.4 is 5.73 Å². The SMILES string of the molecule is NCc1cccc(S(=O)(=O)N2CCOCC2)c1. The summed E-state index contributed by atoms with van der Waals surface area (Å²) in [6.45, 7) is 2.07. The monoisotopic (exact) mass is 256 g/mol. The predicted molar refractivity (Wildman–Crippen MR) is 63.9 cm³/mol. The van der Waals surface area contributed by atoms with Crippen LogP contribution in [0.4, 0.5) is 0 Å². The molecular weight excluding hydrogens is 240 g/mol. The van der Waals surface area contributed by atoms with Gasteiger partial charge in [0.1, 0.15) is 0 Å². The highest BCUT2D eigenvalue weighted by molar-refractivity contribution is 7.89. The number of morpholine rings is 1. The first-order valence-electron chi connectivity index (χ1n) is 5.51. The largest absolute Gasteiger partial charge is 0.379 e. The number of rotatable bonds is 3. The van der Waals surface area contributed by atoms with Gasteiger partial charge >= 0.3 is 0 Å². The van der Waals surface area contributed by atoms with Gasteiger partial charge in [-0.05, 0) is 17.7 Å². The molecule has 0 aromatic heterocycles. The zero-order chi connectivity index (χ0) is 12.3. The van der Waals surface area contributed by atoms with Crippen molar-refractivity contribution in [2.75, 3.05) is 26.3 Å². The van der Waals surface area contributed by atoms with E-state index in [0.717, 1.165) is 5.56 Å². The fourth-order valence-electron chi connectivity index (χ4n) is 1.77. The molecule has 17 heavy (non-hydrogen) atoms. The highest BCUT2D eigenvalue weighted by Crippen LogP contribution is 2.17. The van der Waals surface area contributed by atoms with E-state index in [0.29, 0.717) is 37.7 Å². The Balaban J connectivity index is 2.29. The van der Waals surface area contributed by atoms with Crippen LogP contribution in [-0.2, 0) is 21.3 Å². The van der Waals surface area contributed by atoms with Crippen molar-refractivity contribution in [1.29, 1.82) is 0 Å². The third kappa shape index (κ3) is 2.66. The molecule has 1 aliphatic rings. The number of hydrogen-bond acceptors (Lipinski definition) is 4. The van der Waals surface area contributed by atoms with Crippen LogP contribution in [0.25, 0.3) is 0 Å². The topological polar surface area (TPSA) is 72.6 Å². The average molecular weight is 256 g/mol. The van der Waals surface area contributed by atoms with Crippen LogP contribution in [0.3, 0.4) is 0 Å². The number of sulfonamides is 1. The lowest BCUT2D eigenvalue weighted by Gasteiger charge is -2.26. The van der Waals surface area contributed by atoms with Gasteiger partial charge in [0.2, 0.25) is 10.0 Å². The molecule has 1 fully saturated rings. The minimum atomic E-state index is -3.40. The molecule has 0 spiro atoms. The third-order valence-electron chi connectivity index (χ3n) is 2.74. The van der Waals surface area contributed by atoms with E-state index < -0.39 is 10.0 Å². The van der Waals surface area contributed by atoms with Gasteiger partial charge < -0.3 is 10.5 Å². The lowest BCUT2D eigenvalue weighted by Crippen LogP contribution is -2.40. The van der Waals surface area contributed by atoms with Crippen molar-refractivity contribution in [3.05, 3.63) is 29.8 Å². The van der Waals surface area contributed by atoms with E-state index in [2.05, 4.69) is 0 Å². The van der Waals surface area contributed by atoms with E-state index in [-0.39, 0.29) is 0 Å². The maximum absolute atomic E-state index is 12.3. The van der Waals surface area contributed by atoms with Gasteiger partial charge in [0.15, 0.2) is 0 Å². The van der Waals surface area contributed by atoms with Crippen molar-refractivity contribution in [1.82, 2.24) is 4.31 Å². The molecule has 94 valence electrons. The molecule has 2 N–H and O–H groups in total. The Hall–Kier alpha value is -0.950. The number of ether oxygens (including phenoxy) is 1. The minimum absolute atomic E-state index is 0.308. The van der Waals surface area contributed by atoms with Crippen molar-refractivity contribution in [2.45, 2.75) is 11.4 Å². The van der Waals surface area contributed by atoms with Crippen LogP contribution in [0, 0.1) is 0 Å². The summed E-state index contributed by atoms with van der Waals surface area (Å²) in [5, 5.41) is 0. The Kier molecular flexibility index (Phi) is 3.78. The molecule has 2 rings (SSSR count). The molecule has 1 heterocycles. The second-order valence-corrected chi connectivity index (χ2v) is 5.81. The summed E-state index contributed by atoms with van der Waals surface area (Å²) in [5.74, 6) is 0. The molecule has 0 amide bonds. The predicted octanol–water partition coefficient (Wildman–Crippen LogP) is 0.166. The van der Waals surface area contributed by atoms with Crippen LogP contribution >= 0.6 is 0 Å². The van der Waals surface area contributed by atoms with Crippen molar-refractivity contribution in [2.24, 2.45) is 5.73 Å². The number of benzene rings is 1. The smallest absolute Gasteiger partial charge is 0.243 e. The van der Waals surface area contributed by atoms with Crippen LogP contribution in [0.2, 0.25) is 0 Å². The highest BCUT2D eigenvalue weighted by atomic mass is 32.2. The summed E-state index contributed by atoms with van der Waals surface area (Å²) in [4.78, 5) is 0.308. The first-order chi connectivity index (χ1) is 8.14. The summed E-state index contributed by atoms with van der Waals surface area (Å²) < 4.78 is 31.2. The fourth-order valence-corrected chi connectivity index (χ4v) is 3.25. The van der Waals surface area contributed by atoms with Gasteiger partial charge in [0.05, 0.1) is 18.1 Å². The van der Waals surface area contributed by atoms with E-state index in [1.165, 1.54) is 4.31 Å². The highest BCUT2D eigenvalue weighted by Gasteiger charge is 2.26. The molecule has 0 aliphatic carbocycles. The Bertz CT molecular complexity index is 481. The summed E-state index contributed by atoms with van der Waals surface area (Å²) in [6, 6.07) is 6.77. The van der Waals surface area contributed by atoms with Crippen LogP contribution in [-0.4, -0.2) is 39.0 Å². The molecular formula is C11H16N2O3S. The zero-order valence-electron chi connectivity index (χ0n) is 9.50. The summed E-state index contributed by atoms with van der Waals surface area (Å²) in [5.41, 5.74) is 6.33. The molecule has 0 bridgehead atoms. The lowest BCUT2D eigenvalue weighted by atomic mass is 10.2. The van der Waals surface area contributed by atoms with E-state index in [1.54, 1.807) is 18.2 Å². The van der Waals surface area contributed by atoms with Crippen molar-refractivity contribution >= 4 is 10.0 Å². The number of hydrogen-bond donors (Lipinski definition) is 1. The summed E-state index contributed by atoms with van der Waals surface area (Å²) >= 11 is 0. The fraction of sp³-hybridized carbons (Fsp3) is 0.455. The Morgan fingerprint density at radius 1 is 1.29 bits per heavy atom. The van der Waals surface area contributed by atoms with Gasteiger partial charge in [-0.2, -0.15) is 4.31 Å². The quantitative estimate of drug-likeness (QED) is 0.836. The van der Waals surface area contributed by atoms with Gasteiger partial charge in [-0.15, -0.1) is 0 Å². The average Bonchev–Trinajstić information content (AvgIpc) is 2.40. The van der Waals surface area contributed by atoms with Crippen molar-refractivity contribution in [3.63, 3.8) is 0 Å². The van der Waals surface area contributed by atoms with Crippen molar-refractivity contribution in [3.8, 4) is 0 Å². The Morgan fingerprint density at radius 2 is 2.00 bits per heavy atom. The van der Waals surface area contributed by atoms with Crippen LogP contribution in [0.5, 0.6) is 0 Å². The molecule has 1 aromatic rings. The standard InChI is InChI=1S/C11H16N2O3S/c12-9-10-2-1-3-11(8-10)17(14,15)13-4-6-16-7-5-13/h1-3,8H,4-7,9,12H2. The first kappa shape index (κ1) is 12.5. The number of nitrogens with two attached hydrogens (primary N) is 1. The lowest BCUT2D eigenvalue weighted by molar-refractivity contribution is 0.0730. The van der Waals surface area contributed by atoms with E-state index in [9.17, 15) is 8.42 Å². The molecule has 0 saturated carbocycles. The molecule has 1 saturated heterocycles. The molecule has 0 unspecified atom stereocenters. The van der Waals surface area contributed by atoms with Gasteiger partial charge in [-0.3, -0.25) is 0 Å². The van der Waals surface area contributed by atoms with Gasteiger partial charge in [0, 0.05) is 19.6 Å². The maximum atomic E-state index is 12.3. The van der Waals surface area contributed by atoms with Gasteiger partial charge in [-0.25, -0.2) is 8.42 Å². The maximum Gasteiger partial charge on any atom is 0.243 e. The third-order valence-corrected chi connectivity index (χ3v) is 4.64. The van der Waals surface area contributed by atoms with Gasteiger partial charge in [0.25, 0.3) is 0 Å².